The quantitative estimate of drug-likeness (QED) is 0.0160. The summed E-state index contributed by atoms with van der Waals surface area (Å²) in [7, 11) is 2.70. The molecule has 0 aliphatic heterocycles. The molecule has 3 amide bonds. The zero-order valence-corrected chi connectivity index (χ0v) is 35.9. The molecule has 0 aliphatic rings. The number of alkyl carbamates (subject to hydrolysis) is 2. The van der Waals surface area contributed by atoms with Gasteiger partial charge in [-0.2, -0.15) is 0 Å². The molecule has 5 rings (SSSR count). The lowest BCUT2D eigenvalue weighted by atomic mass is 9.95. The fourth-order valence-electron chi connectivity index (χ4n) is 6.73. The summed E-state index contributed by atoms with van der Waals surface area (Å²) in [5.41, 5.74) is 3.53. The molecule has 0 aliphatic carbocycles. The van der Waals surface area contributed by atoms with E-state index in [-0.39, 0.29) is 56.9 Å². The van der Waals surface area contributed by atoms with E-state index >= 15 is 0 Å². The Bertz CT molecular complexity index is 2380. The molecule has 65 heavy (non-hydrogen) atoms. The van der Waals surface area contributed by atoms with Crippen LogP contribution >= 0.6 is 0 Å². The van der Waals surface area contributed by atoms with Gasteiger partial charge in [0.05, 0.1) is 18.1 Å². The van der Waals surface area contributed by atoms with E-state index in [2.05, 4.69) is 21.3 Å². The number of nitro groups is 1. The van der Waals surface area contributed by atoms with Crippen molar-refractivity contribution in [2.45, 2.75) is 63.6 Å². The van der Waals surface area contributed by atoms with Crippen molar-refractivity contribution in [2.75, 3.05) is 20.7 Å². The third-order valence-corrected chi connectivity index (χ3v) is 10.2. The molecule has 0 unspecified atom stereocenters. The predicted molar refractivity (Wildman–Crippen MR) is 239 cm³/mol. The van der Waals surface area contributed by atoms with E-state index in [1.165, 1.54) is 18.2 Å². The number of hydrogen-bond acceptors (Lipinski definition) is 12. The summed E-state index contributed by atoms with van der Waals surface area (Å²) in [4.78, 5) is 75.8. The van der Waals surface area contributed by atoms with Crippen LogP contribution in [-0.4, -0.2) is 78.9 Å². The zero-order valence-electron chi connectivity index (χ0n) is 35.9. The molecular formula is C48H51N5O12. The second kappa shape index (κ2) is 24.7. The number of likely N-dealkylation sites (N-methyl/N-ethyl adjacent to an activating group) is 1. The number of ether oxygens (including phenoxy) is 4. The van der Waals surface area contributed by atoms with Crippen LogP contribution in [0, 0.1) is 10.1 Å². The van der Waals surface area contributed by atoms with E-state index < -0.39 is 53.1 Å². The number of carbonyl (C=O) groups is 5. The molecule has 5 aromatic carbocycles. The highest BCUT2D eigenvalue weighted by atomic mass is 16.6. The number of nitro benzene ring substituents is 1. The average molecular weight is 890 g/mol. The number of benzene rings is 5. The number of rotatable bonds is 23. The Morgan fingerprint density at radius 2 is 1.20 bits per heavy atom. The first-order chi connectivity index (χ1) is 31.4. The molecule has 5 N–H and O–H groups in total. The van der Waals surface area contributed by atoms with Crippen LogP contribution in [0.4, 0.5) is 15.3 Å². The molecule has 0 radical (unpaired) electrons. The van der Waals surface area contributed by atoms with Crippen LogP contribution in [0.1, 0.15) is 40.7 Å². The zero-order chi connectivity index (χ0) is 46.6. The van der Waals surface area contributed by atoms with E-state index in [1.807, 2.05) is 66.7 Å². The maximum Gasteiger partial charge on any atom is 0.408 e. The van der Waals surface area contributed by atoms with E-state index in [0.717, 1.165) is 18.2 Å². The minimum Gasteiger partial charge on any atom is -0.489 e. The van der Waals surface area contributed by atoms with E-state index in [0.29, 0.717) is 34.4 Å². The van der Waals surface area contributed by atoms with Crippen molar-refractivity contribution in [3.8, 4) is 16.9 Å². The van der Waals surface area contributed by atoms with Crippen LogP contribution in [0.25, 0.3) is 11.1 Å². The number of aliphatic carboxylic acids is 1. The lowest BCUT2D eigenvalue weighted by Crippen LogP contribution is -2.50. The smallest absolute Gasteiger partial charge is 0.408 e. The molecule has 5 aromatic rings. The Morgan fingerprint density at radius 1 is 0.662 bits per heavy atom. The Labute approximate surface area is 375 Å². The summed E-state index contributed by atoms with van der Waals surface area (Å²) >= 11 is 0. The number of nitrogens with zero attached hydrogens (tertiary/aromatic N) is 1. The molecule has 3 atom stereocenters. The van der Waals surface area contributed by atoms with Crippen molar-refractivity contribution in [3.05, 3.63) is 165 Å². The van der Waals surface area contributed by atoms with Gasteiger partial charge in [-0.1, -0.05) is 97.1 Å². The number of carboxylic acid groups (broad SMARTS) is 1. The van der Waals surface area contributed by atoms with Gasteiger partial charge in [0.2, 0.25) is 5.91 Å². The van der Waals surface area contributed by atoms with Crippen molar-refractivity contribution in [1.82, 2.24) is 21.3 Å². The molecule has 0 spiro atoms. The highest BCUT2D eigenvalue weighted by Crippen LogP contribution is 2.32. The molecule has 0 heterocycles. The molecule has 17 nitrogen and oxygen atoms in total. The van der Waals surface area contributed by atoms with Gasteiger partial charge in [-0.25, -0.2) is 19.2 Å². The van der Waals surface area contributed by atoms with Gasteiger partial charge < -0.3 is 45.3 Å². The molecule has 0 saturated carbocycles. The number of carboxylic acids is 1. The van der Waals surface area contributed by atoms with Crippen molar-refractivity contribution < 1.29 is 52.9 Å². The van der Waals surface area contributed by atoms with Crippen molar-refractivity contribution in [1.29, 1.82) is 0 Å². The average Bonchev–Trinajstić information content (AvgIpc) is 3.32. The van der Waals surface area contributed by atoms with Gasteiger partial charge in [0, 0.05) is 31.0 Å². The van der Waals surface area contributed by atoms with Crippen LogP contribution in [0.15, 0.2) is 127 Å². The second-order valence-corrected chi connectivity index (χ2v) is 14.8. The van der Waals surface area contributed by atoms with Gasteiger partial charge in [0.15, 0.2) is 0 Å². The summed E-state index contributed by atoms with van der Waals surface area (Å²) in [5.74, 6) is -2.41. The van der Waals surface area contributed by atoms with E-state index in [9.17, 15) is 39.2 Å². The third kappa shape index (κ3) is 15.2. The number of amides is 3. The lowest BCUT2D eigenvalue weighted by Gasteiger charge is -2.21. The van der Waals surface area contributed by atoms with Crippen molar-refractivity contribution in [3.63, 3.8) is 0 Å². The Hall–Kier alpha value is -7.79. The Balaban J connectivity index is 1.32. The van der Waals surface area contributed by atoms with Crippen molar-refractivity contribution in [2.24, 2.45) is 0 Å². The number of esters is 1. The van der Waals surface area contributed by atoms with Crippen LogP contribution in [0.3, 0.4) is 0 Å². The molecule has 340 valence electrons. The first-order valence-electron chi connectivity index (χ1n) is 20.7. The molecule has 0 saturated heterocycles. The number of nitrogens with one attached hydrogen (secondary N) is 4. The maximum absolute atomic E-state index is 13.5. The van der Waals surface area contributed by atoms with Crippen LogP contribution < -0.4 is 26.0 Å². The fraction of sp³-hybridized carbons (Fsp3) is 0.271. The van der Waals surface area contributed by atoms with Crippen molar-refractivity contribution >= 4 is 35.7 Å². The fourth-order valence-corrected chi connectivity index (χ4v) is 6.73. The molecule has 0 bridgehead atoms. The van der Waals surface area contributed by atoms with Crippen LogP contribution in [0.2, 0.25) is 0 Å². The third-order valence-electron chi connectivity index (χ3n) is 10.2. The SMILES string of the molecule is CN[C@@H](CCCNC(=O)OCc1ccccc1)C(=O)N[C@@H](Cc1cc(-c2ccc(OCc3ccccc3)c(C[C@H](NC(=O)OCc3ccccc3)C(=O)O)c2)ccc1[N+](=O)[O-])C(=O)OC. The van der Waals surface area contributed by atoms with Gasteiger partial charge in [-0.05, 0) is 77.5 Å². The topological polar surface area (TPSA) is 234 Å². The number of methoxy groups -OCH3 is 1. The monoisotopic (exact) mass is 889 g/mol. The maximum atomic E-state index is 13.5. The molecular weight excluding hydrogens is 839 g/mol. The highest BCUT2D eigenvalue weighted by molar-refractivity contribution is 5.88. The molecule has 0 aromatic heterocycles. The normalized spacial score (nSPS) is 12.1. The second-order valence-electron chi connectivity index (χ2n) is 14.8. The summed E-state index contributed by atoms with van der Waals surface area (Å²) in [6.07, 6.45) is -1.48. The standard InChI is InChI=1S/C48H51N5O12/c1-49-39(19-12-24-50-47(58)64-30-33-15-8-4-9-16-33)44(54)51-41(46(57)62-2)27-37-25-35(20-22-42(37)53(60)61)36-21-23-43(63-29-32-13-6-3-7-14-32)38(26-36)28-40(45(55)56)52-48(59)65-31-34-17-10-5-11-18-34/h3-11,13-18,20-23,25-26,39-41,49H,12,19,24,27-31H2,1-2H3,(H,50,58)(H,51,54)(H,52,59)(H,55,56)/t39-,40-,41-/m0/s1. The summed E-state index contributed by atoms with van der Waals surface area (Å²) < 4.78 is 21.7. The summed E-state index contributed by atoms with van der Waals surface area (Å²) in [6, 6.07) is 33.1. The first kappa shape index (κ1) is 48.2. The van der Waals surface area contributed by atoms with Gasteiger partial charge in [-0.3, -0.25) is 14.9 Å². The van der Waals surface area contributed by atoms with E-state index in [1.54, 1.807) is 49.5 Å². The van der Waals surface area contributed by atoms with Gasteiger partial charge >= 0.3 is 24.1 Å². The highest BCUT2D eigenvalue weighted by Gasteiger charge is 2.29. The largest absolute Gasteiger partial charge is 0.489 e. The van der Waals surface area contributed by atoms with Crippen LogP contribution in [-0.2, 0) is 61.3 Å². The summed E-state index contributed by atoms with van der Waals surface area (Å²) in [6.45, 7) is 0.374. The molecule has 17 heteroatoms. The van der Waals surface area contributed by atoms with Gasteiger partial charge in [0.25, 0.3) is 5.69 Å². The Morgan fingerprint density at radius 3 is 1.75 bits per heavy atom. The number of carbonyl (C=O) groups excluding carboxylic acids is 4. The minimum atomic E-state index is -1.44. The van der Waals surface area contributed by atoms with Crippen LogP contribution in [0.5, 0.6) is 5.75 Å². The first-order valence-corrected chi connectivity index (χ1v) is 20.7. The van der Waals surface area contributed by atoms with E-state index in [4.69, 9.17) is 18.9 Å². The minimum absolute atomic E-state index is 0.0771. The number of hydrogen-bond donors (Lipinski definition) is 5. The molecule has 0 fully saturated rings. The summed E-state index contributed by atoms with van der Waals surface area (Å²) in [5, 5.41) is 33.1. The van der Waals surface area contributed by atoms with Gasteiger partial charge in [-0.15, -0.1) is 0 Å². The predicted octanol–water partition coefficient (Wildman–Crippen LogP) is 6.26. The lowest BCUT2D eigenvalue weighted by molar-refractivity contribution is -0.385. The van der Waals surface area contributed by atoms with Gasteiger partial charge in [0.1, 0.15) is 37.7 Å². The Kier molecular flexibility index (Phi) is 18.4.